The number of halogens is 4. The van der Waals surface area contributed by atoms with Gasteiger partial charge in [-0.05, 0) is 48.5 Å². The second-order valence-corrected chi connectivity index (χ2v) is 6.47. The summed E-state index contributed by atoms with van der Waals surface area (Å²) in [6.45, 7) is 0. The summed E-state index contributed by atoms with van der Waals surface area (Å²) in [5.74, 6) is -0.592. The summed E-state index contributed by atoms with van der Waals surface area (Å²) < 4.78 is 62.8. The van der Waals surface area contributed by atoms with Crippen LogP contribution < -0.4 is 4.74 Å². The molecule has 3 aromatic carbocycles. The molecule has 0 N–H and O–H groups in total. The van der Waals surface area contributed by atoms with Crippen molar-refractivity contribution in [1.29, 1.82) is 0 Å². The topological polar surface area (TPSA) is 91.3 Å². The lowest BCUT2D eigenvalue weighted by molar-refractivity contribution is -0.385. The molecule has 0 aliphatic carbocycles. The number of rotatable bonds is 5. The molecular formula is C21H11F4N3O4. The van der Waals surface area contributed by atoms with Gasteiger partial charge in [0.25, 0.3) is 5.89 Å². The second kappa shape index (κ2) is 8.10. The molecule has 4 aromatic rings. The van der Waals surface area contributed by atoms with E-state index in [1.54, 1.807) is 6.07 Å². The molecule has 1 aromatic heterocycles. The van der Waals surface area contributed by atoms with E-state index in [4.69, 9.17) is 9.26 Å². The molecule has 0 unspecified atom stereocenters. The fraction of sp³-hybridized carbons (Fsp3) is 0.0476. The second-order valence-electron chi connectivity index (χ2n) is 6.47. The smallest absolute Gasteiger partial charge is 0.416 e. The first kappa shape index (κ1) is 21.0. The minimum atomic E-state index is -4.73. The van der Waals surface area contributed by atoms with Gasteiger partial charge in [0.15, 0.2) is 0 Å². The van der Waals surface area contributed by atoms with Crippen LogP contribution in [0.15, 0.2) is 71.3 Å². The number of benzene rings is 3. The Morgan fingerprint density at radius 2 is 1.72 bits per heavy atom. The maximum atomic E-state index is 13.9. The minimum Gasteiger partial charge on any atom is -0.450 e. The Kier molecular flexibility index (Phi) is 5.31. The average molecular weight is 445 g/mol. The molecule has 7 nitrogen and oxygen atoms in total. The Bertz CT molecular complexity index is 1290. The molecule has 0 bridgehead atoms. The Balaban J connectivity index is 1.57. The van der Waals surface area contributed by atoms with E-state index in [-0.39, 0.29) is 28.8 Å². The van der Waals surface area contributed by atoms with Crippen molar-refractivity contribution in [2.45, 2.75) is 6.18 Å². The third-order valence-electron chi connectivity index (χ3n) is 4.35. The van der Waals surface area contributed by atoms with Crippen LogP contribution in [0.25, 0.3) is 22.8 Å². The number of aromatic nitrogens is 2. The largest absolute Gasteiger partial charge is 0.450 e. The molecule has 162 valence electrons. The van der Waals surface area contributed by atoms with Gasteiger partial charge in [-0.3, -0.25) is 10.1 Å². The van der Waals surface area contributed by atoms with Gasteiger partial charge in [-0.1, -0.05) is 17.3 Å². The molecule has 0 aliphatic heterocycles. The van der Waals surface area contributed by atoms with Gasteiger partial charge in [-0.2, -0.15) is 18.2 Å². The summed E-state index contributed by atoms with van der Waals surface area (Å²) in [6, 6.07) is 13.8. The zero-order chi connectivity index (χ0) is 22.9. The standard InChI is InChI=1S/C21H11F4N3O4/c22-16-4-2-1-3-15(16)20-26-19(27-32-20)12-5-8-14(9-6-12)31-18-10-7-13(21(23,24)25)11-17(18)28(29)30/h1-11H. The number of alkyl halides is 3. The summed E-state index contributed by atoms with van der Waals surface area (Å²) >= 11 is 0. The van der Waals surface area contributed by atoms with E-state index in [2.05, 4.69) is 10.1 Å². The third-order valence-corrected chi connectivity index (χ3v) is 4.35. The lowest BCUT2D eigenvalue weighted by atomic mass is 10.1. The predicted molar refractivity (Wildman–Crippen MR) is 103 cm³/mol. The first-order chi connectivity index (χ1) is 15.2. The summed E-state index contributed by atoms with van der Waals surface area (Å²) in [5, 5.41) is 15.0. The first-order valence-corrected chi connectivity index (χ1v) is 8.95. The lowest BCUT2D eigenvalue weighted by Gasteiger charge is -2.10. The van der Waals surface area contributed by atoms with Crippen molar-refractivity contribution in [3.05, 3.63) is 88.2 Å². The van der Waals surface area contributed by atoms with Crippen LogP contribution in [0.2, 0.25) is 0 Å². The highest BCUT2D eigenvalue weighted by Gasteiger charge is 2.33. The summed E-state index contributed by atoms with van der Waals surface area (Å²) in [4.78, 5) is 14.4. The monoisotopic (exact) mass is 445 g/mol. The summed E-state index contributed by atoms with van der Waals surface area (Å²) in [5.41, 5.74) is -1.36. The van der Waals surface area contributed by atoms with Crippen molar-refractivity contribution in [3.63, 3.8) is 0 Å². The number of hydrogen-bond donors (Lipinski definition) is 0. The Labute approximate surface area is 177 Å². The highest BCUT2D eigenvalue weighted by Crippen LogP contribution is 2.38. The van der Waals surface area contributed by atoms with Crippen molar-refractivity contribution in [2.24, 2.45) is 0 Å². The van der Waals surface area contributed by atoms with E-state index >= 15 is 0 Å². The molecule has 0 spiro atoms. The fourth-order valence-corrected chi connectivity index (χ4v) is 2.81. The van der Waals surface area contributed by atoms with Crippen molar-refractivity contribution in [2.75, 3.05) is 0 Å². The molecule has 1 heterocycles. The van der Waals surface area contributed by atoms with Gasteiger partial charge < -0.3 is 9.26 Å². The van der Waals surface area contributed by atoms with Crippen LogP contribution in [0.5, 0.6) is 11.5 Å². The first-order valence-electron chi connectivity index (χ1n) is 8.95. The quantitative estimate of drug-likeness (QED) is 0.205. The van der Waals surface area contributed by atoms with Crippen molar-refractivity contribution in [1.82, 2.24) is 10.1 Å². The maximum absolute atomic E-state index is 13.9. The van der Waals surface area contributed by atoms with E-state index in [9.17, 15) is 27.7 Å². The fourth-order valence-electron chi connectivity index (χ4n) is 2.81. The average Bonchev–Trinajstić information content (AvgIpc) is 3.24. The third kappa shape index (κ3) is 4.26. The number of ether oxygens (including phenoxy) is 1. The SMILES string of the molecule is O=[N+]([O-])c1cc(C(F)(F)F)ccc1Oc1ccc(-c2noc(-c3ccccc3F)n2)cc1. The van der Waals surface area contributed by atoms with Crippen LogP contribution in [0.4, 0.5) is 23.2 Å². The molecule has 0 atom stereocenters. The van der Waals surface area contributed by atoms with E-state index in [0.717, 1.165) is 6.07 Å². The van der Waals surface area contributed by atoms with Crippen LogP contribution >= 0.6 is 0 Å². The molecule has 0 saturated heterocycles. The van der Waals surface area contributed by atoms with Crippen molar-refractivity contribution < 1.29 is 31.7 Å². The van der Waals surface area contributed by atoms with Crippen LogP contribution in [-0.4, -0.2) is 15.1 Å². The van der Waals surface area contributed by atoms with Gasteiger partial charge in [0.1, 0.15) is 11.6 Å². The summed E-state index contributed by atoms with van der Waals surface area (Å²) in [7, 11) is 0. The Hall–Kier alpha value is -4.28. The molecule has 0 radical (unpaired) electrons. The number of nitrogens with zero attached hydrogens (tertiary/aromatic N) is 3. The van der Waals surface area contributed by atoms with Gasteiger partial charge in [-0.25, -0.2) is 4.39 Å². The summed E-state index contributed by atoms with van der Waals surface area (Å²) in [6.07, 6.45) is -4.73. The Morgan fingerprint density at radius 3 is 2.38 bits per heavy atom. The van der Waals surface area contributed by atoms with Gasteiger partial charge in [0, 0.05) is 11.6 Å². The van der Waals surface area contributed by atoms with Crippen LogP contribution in [-0.2, 0) is 6.18 Å². The van der Waals surface area contributed by atoms with E-state index < -0.39 is 28.2 Å². The highest BCUT2D eigenvalue weighted by atomic mass is 19.4. The molecule has 0 saturated carbocycles. The molecule has 4 rings (SSSR count). The zero-order valence-electron chi connectivity index (χ0n) is 15.8. The normalized spacial score (nSPS) is 11.4. The lowest BCUT2D eigenvalue weighted by Crippen LogP contribution is -2.06. The van der Waals surface area contributed by atoms with E-state index in [1.807, 2.05) is 0 Å². The molecule has 32 heavy (non-hydrogen) atoms. The van der Waals surface area contributed by atoms with E-state index in [1.165, 1.54) is 42.5 Å². The van der Waals surface area contributed by atoms with Crippen LogP contribution in [0, 0.1) is 15.9 Å². The van der Waals surface area contributed by atoms with Crippen molar-refractivity contribution >= 4 is 5.69 Å². The molecule has 0 amide bonds. The van der Waals surface area contributed by atoms with Gasteiger partial charge >= 0.3 is 11.9 Å². The van der Waals surface area contributed by atoms with Crippen LogP contribution in [0.1, 0.15) is 5.56 Å². The number of nitro groups is 1. The van der Waals surface area contributed by atoms with Gasteiger partial charge in [0.2, 0.25) is 11.6 Å². The van der Waals surface area contributed by atoms with Crippen molar-refractivity contribution in [3.8, 4) is 34.3 Å². The predicted octanol–water partition coefficient (Wildman–Crippen LogP) is 6.26. The zero-order valence-corrected chi connectivity index (χ0v) is 15.8. The van der Waals surface area contributed by atoms with Gasteiger partial charge in [-0.15, -0.1) is 0 Å². The van der Waals surface area contributed by atoms with Crippen LogP contribution in [0.3, 0.4) is 0 Å². The molecule has 0 aliphatic rings. The highest BCUT2D eigenvalue weighted by molar-refractivity contribution is 5.61. The molecule has 11 heteroatoms. The number of hydrogen-bond acceptors (Lipinski definition) is 6. The maximum Gasteiger partial charge on any atom is 0.416 e. The number of nitro benzene ring substituents is 1. The van der Waals surface area contributed by atoms with Gasteiger partial charge in [0.05, 0.1) is 16.1 Å². The Morgan fingerprint density at radius 1 is 1.00 bits per heavy atom. The molecular weight excluding hydrogens is 434 g/mol. The van der Waals surface area contributed by atoms with E-state index in [0.29, 0.717) is 17.7 Å². The minimum absolute atomic E-state index is 0.0150. The molecule has 0 fully saturated rings.